The lowest BCUT2D eigenvalue weighted by Crippen LogP contribution is -2.38. The first kappa shape index (κ1) is 17.2. The average Bonchev–Trinajstić information content (AvgIpc) is 2.27. The van der Waals surface area contributed by atoms with Crippen molar-refractivity contribution in [2.75, 3.05) is 19.7 Å². The molecule has 0 spiro atoms. The van der Waals surface area contributed by atoms with Crippen LogP contribution in [0.3, 0.4) is 0 Å². The fourth-order valence-electron chi connectivity index (χ4n) is 1.43. The molecule has 0 saturated heterocycles. The summed E-state index contributed by atoms with van der Waals surface area (Å²) in [6.45, 7) is 10.4. The number of rotatable bonds is 10. The Morgan fingerprint density at radius 3 is 2.44 bits per heavy atom. The van der Waals surface area contributed by atoms with Crippen molar-refractivity contribution in [1.82, 2.24) is 16.1 Å². The molecule has 0 aliphatic heterocycles. The summed E-state index contributed by atoms with van der Waals surface area (Å²) in [5, 5.41) is 5.95. The Morgan fingerprint density at radius 2 is 1.83 bits per heavy atom. The van der Waals surface area contributed by atoms with Crippen LogP contribution in [0.2, 0.25) is 0 Å². The van der Waals surface area contributed by atoms with Crippen molar-refractivity contribution in [2.45, 2.75) is 53.0 Å². The number of hydrogen-bond acceptors (Lipinski definition) is 3. The summed E-state index contributed by atoms with van der Waals surface area (Å²) >= 11 is 0. The Kier molecular flexibility index (Phi) is 10.8. The Labute approximate surface area is 111 Å². The van der Waals surface area contributed by atoms with Crippen LogP contribution in [-0.4, -0.2) is 31.8 Å². The molecule has 0 aromatic carbocycles. The van der Waals surface area contributed by atoms with E-state index < -0.39 is 0 Å². The predicted octanol–water partition coefficient (Wildman–Crippen LogP) is 2.04. The van der Waals surface area contributed by atoms with Crippen LogP contribution in [0, 0.1) is 5.92 Å². The van der Waals surface area contributed by atoms with Crippen LogP contribution in [0.1, 0.15) is 47.0 Å². The van der Waals surface area contributed by atoms with E-state index in [1.165, 1.54) is 6.42 Å². The third kappa shape index (κ3) is 13.3. The van der Waals surface area contributed by atoms with Crippen molar-refractivity contribution >= 4 is 6.03 Å². The van der Waals surface area contributed by atoms with Gasteiger partial charge in [-0.15, -0.1) is 0 Å². The SMILES string of the molecule is CC(C)CCCCNC(=O)NOCCNC(C)C. The van der Waals surface area contributed by atoms with Gasteiger partial charge in [-0.2, -0.15) is 0 Å². The first-order valence-corrected chi connectivity index (χ1v) is 6.91. The number of nitrogens with one attached hydrogen (secondary N) is 3. The zero-order valence-corrected chi connectivity index (χ0v) is 12.2. The lowest BCUT2D eigenvalue weighted by atomic mass is 10.1. The van der Waals surface area contributed by atoms with Crippen molar-refractivity contribution in [3.63, 3.8) is 0 Å². The van der Waals surface area contributed by atoms with E-state index >= 15 is 0 Å². The summed E-state index contributed by atoms with van der Waals surface area (Å²) in [4.78, 5) is 16.3. The van der Waals surface area contributed by atoms with Gasteiger partial charge in [-0.25, -0.2) is 10.3 Å². The van der Waals surface area contributed by atoms with E-state index in [1.807, 2.05) is 0 Å². The first-order valence-electron chi connectivity index (χ1n) is 6.91. The number of urea groups is 1. The van der Waals surface area contributed by atoms with Crippen LogP contribution in [0.15, 0.2) is 0 Å². The highest BCUT2D eigenvalue weighted by atomic mass is 16.7. The van der Waals surface area contributed by atoms with Crippen molar-refractivity contribution in [2.24, 2.45) is 5.92 Å². The molecule has 5 heteroatoms. The van der Waals surface area contributed by atoms with Crippen molar-refractivity contribution < 1.29 is 9.63 Å². The zero-order chi connectivity index (χ0) is 13.8. The molecule has 108 valence electrons. The van der Waals surface area contributed by atoms with Gasteiger partial charge < -0.3 is 10.6 Å². The maximum atomic E-state index is 11.3. The van der Waals surface area contributed by atoms with Crippen molar-refractivity contribution in [3.05, 3.63) is 0 Å². The lowest BCUT2D eigenvalue weighted by Gasteiger charge is -2.10. The van der Waals surface area contributed by atoms with Gasteiger partial charge in [-0.1, -0.05) is 40.5 Å². The van der Waals surface area contributed by atoms with Crippen LogP contribution in [0.5, 0.6) is 0 Å². The second kappa shape index (κ2) is 11.3. The number of unbranched alkanes of at least 4 members (excludes halogenated alkanes) is 1. The topological polar surface area (TPSA) is 62.4 Å². The Hall–Kier alpha value is -0.810. The van der Waals surface area contributed by atoms with Crippen LogP contribution >= 0.6 is 0 Å². The predicted molar refractivity (Wildman–Crippen MR) is 74.3 cm³/mol. The minimum Gasteiger partial charge on any atom is -0.336 e. The highest BCUT2D eigenvalue weighted by molar-refractivity contribution is 5.72. The third-order valence-corrected chi connectivity index (χ3v) is 2.42. The number of carbonyl (C=O) groups is 1. The minimum atomic E-state index is -0.260. The molecule has 18 heavy (non-hydrogen) atoms. The molecule has 5 nitrogen and oxygen atoms in total. The molecular formula is C13H29N3O2. The molecule has 0 aromatic heterocycles. The molecule has 3 N–H and O–H groups in total. The number of hydroxylamine groups is 1. The van der Waals surface area contributed by atoms with Gasteiger partial charge in [0.15, 0.2) is 0 Å². The fraction of sp³-hybridized carbons (Fsp3) is 0.923. The normalized spacial score (nSPS) is 11.0. The monoisotopic (exact) mass is 259 g/mol. The molecule has 0 aliphatic carbocycles. The lowest BCUT2D eigenvalue weighted by molar-refractivity contribution is 0.0623. The summed E-state index contributed by atoms with van der Waals surface area (Å²) in [5.41, 5.74) is 2.37. The van der Waals surface area contributed by atoms with E-state index in [-0.39, 0.29) is 6.03 Å². The van der Waals surface area contributed by atoms with Crippen LogP contribution in [-0.2, 0) is 4.84 Å². The van der Waals surface area contributed by atoms with Crippen LogP contribution < -0.4 is 16.1 Å². The molecule has 0 bridgehead atoms. The standard InChI is InChI=1S/C13H29N3O2/c1-11(2)7-5-6-8-15-13(17)16-18-10-9-14-12(3)4/h11-12,14H,5-10H2,1-4H3,(H2,15,16,17). The third-order valence-electron chi connectivity index (χ3n) is 2.42. The maximum Gasteiger partial charge on any atom is 0.338 e. The zero-order valence-electron chi connectivity index (χ0n) is 12.2. The Bertz CT molecular complexity index is 188. The van der Waals surface area contributed by atoms with E-state index in [4.69, 9.17) is 4.84 Å². The largest absolute Gasteiger partial charge is 0.338 e. The van der Waals surface area contributed by atoms with Crippen LogP contribution in [0.25, 0.3) is 0 Å². The van der Waals surface area contributed by atoms with Gasteiger partial charge >= 0.3 is 6.03 Å². The van der Waals surface area contributed by atoms with Gasteiger partial charge in [0.05, 0.1) is 6.61 Å². The molecule has 0 atom stereocenters. The molecule has 0 aromatic rings. The van der Waals surface area contributed by atoms with E-state index in [9.17, 15) is 4.79 Å². The van der Waals surface area contributed by atoms with E-state index in [0.29, 0.717) is 19.2 Å². The second-order valence-corrected chi connectivity index (χ2v) is 5.20. The molecular weight excluding hydrogens is 230 g/mol. The van der Waals surface area contributed by atoms with Crippen LogP contribution in [0.4, 0.5) is 4.79 Å². The smallest absolute Gasteiger partial charge is 0.336 e. The molecule has 2 amide bonds. The summed E-state index contributed by atoms with van der Waals surface area (Å²) < 4.78 is 0. The summed E-state index contributed by atoms with van der Waals surface area (Å²) in [5.74, 6) is 0.732. The highest BCUT2D eigenvalue weighted by Crippen LogP contribution is 2.04. The fourth-order valence-corrected chi connectivity index (χ4v) is 1.43. The Balaban J connectivity index is 3.22. The number of amides is 2. The second-order valence-electron chi connectivity index (χ2n) is 5.20. The van der Waals surface area contributed by atoms with Gasteiger partial charge in [0.25, 0.3) is 0 Å². The summed E-state index contributed by atoms with van der Waals surface area (Å²) in [7, 11) is 0. The van der Waals surface area contributed by atoms with Crippen molar-refractivity contribution in [1.29, 1.82) is 0 Å². The minimum absolute atomic E-state index is 0.260. The molecule has 0 aliphatic rings. The summed E-state index contributed by atoms with van der Waals surface area (Å²) in [6, 6.07) is 0.174. The van der Waals surface area contributed by atoms with Crippen molar-refractivity contribution in [3.8, 4) is 0 Å². The van der Waals surface area contributed by atoms with Gasteiger partial charge in [0, 0.05) is 19.1 Å². The first-order chi connectivity index (χ1) is 8.52. The van der Waals surface area contributed by atoms with Gasteiger partial charge in [-0.05, 0) is 12.3 Å². The quantitative estimate of drug-likeness (QED) is 0.415. The molecule has 0 radical (unpaired) electrons. The number of carbonyl (C=O) groups excluding carboxylic acids is 1. The maximum absolute atomic E-state index is 11.3. The van der Waals surface area contributed by atoms with Gasteiger partial charge in [-0.3, -0.25) is 4.84 Å². The highest BCUT2D eigenvalue weighted by Gasteiger charge is 1.99. The Morgan fingerprint density at radius 1 is 1.11 bits per heavy atom. The molecule has 0 rings (SSSR count). The van der Waals surface area contributed by atoms with E-state index in [2.05, 4.69) is 43.8 Å². The molecule has 0 unspecified atom stereocenters. The number of hydrogen-bond donors (Lipinski definition) is 3. The molecule has 0 heterocycles. The average molecular weight is 259 g/mol. The van der Waals surface area contributed by atoms with E-state index in [0.717, 1.165) is 25.3 Å². The van der Waals surface area contributed by atoms with Gasteiger partial charge in [0.2, 0.25) is 0 Å². The summed E-state index contributed by atoms with van der Waals surface area (Å²) in [6.07, 6.45) is 3.37. The van der Waals surface area contributed by atoms with Gasteiger partial charge in [0.1, 0.15) is 0 Å². The van der Waals surface area contributed by atoms with E-state index in [1.54, 1.807) is 0 Å². The molecule has 0 saturated carbocycles. The molecule has 0 fully saturated rings.